The summed E-state index contributed by atoms with van der Waals surface area (Å²) in [4.78, 5) is 27.7. The minimum absolute atomic E-state index is 0.00288. The number of pyridine rings is 1. The second-order valence-electron chi connectivity index (χ2n) is 5.47. The first-order valence-corrected chi connectivity index (χ1v) is 7.60. The fourth-order valence-electron chi connectivity index (χ4n) is 2.19. The van der Waals surface area contributed by atoms with Gasteiger partial charge in [-0.3, -0.25) is 9.59 Å². The number of nitrogens with zero attached hydrogens (tertiary/aromatic N) is 2. The highest BCUT2D eigenvalue weighted by Crippen LogP contribution is 2.18. The minimum Gasteiger partial charge on any atom is -0.360 e. The number of carbonyl (C=O) groups excluding carboxylic acids is 2. The Labute approximate surface area is 144 Å². The van der Waals surface area contributed by atoms with Crippen LogP contribution in [0.5, 0.6) is 0 Å². The third-order valence-electron chi connectivity index (χ3n) is 3.42. The van der Waals surface area contributed by atoms with Gasteiger partial charge in [0.25, 0.3) is 5.91 Å². The lowest BCUT2D eigenvalue weighted by Crippen LogP contribution is -2.13. The Morgan fingerprint density at radius 2 is 1.92 bits per heavy atom. The zero-order valence-electron chi connectivity index (χ0n) is 13.7. The van der Waals surface area contributed by atoms with E-state index in [-0.39, 0.29) is 17.4 Å². The lowest BCUT2D eigenvalue weighted by atomic mass is 10.1. The van der Waals surface area contributed by atoms with Crippen LogP contribution in [-0.2, 0) is 0 Å². The van der Waals surface area contributed by atoms with Gasteiger partial charge in [0.2, 0.25) is 0 Å². The molecule has 7 nitrogen and oxygen atoms in total. The van der Waals surface area contributed by atoms with Crippen molar-refractivity contribution in [2.24, 2.45) is 0 Å². The summed E-state index contributed by atoms with van der Waals surface area (Å²) in [7, 11) is 0. The number of aryl methyl sites for hydroxylation is 1. The first-order valence-electron chi connectivity index (χ1n) is 7.60. The molecule has 0 spiro atoms. The van der Waals surface area contributed by atoms with E-state index in [4.69, 9.17) is 4.52 Å². The van der Waals surface area contributed by atoms with Crippen LogP contribution in [0.2, 0.25) is 0 Å². The predicted molar refractivity (Wildman–Crippen MR) is 93.2 cm³/mol. The Kier molecular flexibility index (Phi) is 4.56. The summed E-state index contributed by atoms with van der Waals surface area (Å²) in [6.07, 6.45) is 1.55. The molecule has 3 aromatic rings. The molecule has 0 unspecified atom stereocenters. The van der Waals surface area contributed by atoms with Crippen LogP contribution >= 0.6 is 0 Å². The number of ketones is 1. The third kappa shape index (κ3) is 4.08. The Morgan fingerprint density at radius 3 is 2.56 bits per heavy atom. The van der Waals surface area contributed by atoms with Crippen molar-refractivity contribution >= 4 is 28.9 Å². The van der Waals surface area contributed by atoms with Gasteiger partial charge in [0.1, 0.15) is 11.5 Å². The van der Waals surface area contributed by atoms with Crippen molar-refractivity contribution < 1.29 is 14.1 Å². The summed E-state index contributed by atoms with van der Waals surface area (Å²) >= 11 is 0. The van der Waals surface area contributed by atoms with Crippen molar-refractivity contribution in [1.82, 2.24) is 10.1 Å². The van der Waals surface area contributed by atoms with Gasteiger partial charge in [0.15, 0.2) is 11.6 Å². The number of hydrogen-bond acceptors (Lipinski definition) is 6. The SMILES string of the molecule is CC(=O)c1cccc(Nc2ccc(C(=O)Nc3cc(C)on3)nc2)c1. The van der Waals surface area contributed by atoms with E-state index in [0.717, 1.165) is 5.69 Å². The summed E-state index contributed by atoms with van der Waals surface area (Å²) in [6.45, 7) is 3.26. The van der Waals surface area contributed by atoms with E-state index in [1.165, 1.54) is 6.92 Å². The molecule has 2 N–H and O–H groups in total. The van der Waals surface area contributed by atoms with Crippen molar-refractivity contribution in [2.75, 3.05) is 10.6 Å². The number of rotatable bonds is 5. The van der Waals surface area contributed by atoms with Crippen LogP contribution in [0, 0.1) is 6.92 Å². The molecule has 0 bridgehead atoms. The Bertz CT molecular complexity index is 916. The van der Waals surface area contributed by atoms with E-state index in [9.17, 15) is 9.59 Å². The van der Waals surface area contributed by atoms with Gasteiger partial charge in [-0.2, -0.15) is 0 Å². The van der Waals surface area contributed by atoms with Crippen molar-refractivity contribution in [2.45, 2.75) is 13.8 Å². The second-order valence-corrected chi connectivity index (χ2v) is 5.47. The lowest BCUT2D eigenvalue weighted by molar-refractivity contribution is 0.101. The lowest BCUT2D eigenvalue weighted by Gasteiger charge is -2.08. The van der Waals surface area contributed by atoms with Gasteiger partial charge in [0.05, 0.1) is 11.9 Å². The molecule has 0 fully saturated rings. The molecule has 0 aliphatic heterocycles. The number of nitrogens with one attached hydrogen (secondary N) is 2. The van der Waals surface area contributed by atoms with Crippen LogP contribution < -0.4 is 10.6 Å². The van der Waals surface area contributed by atoms with Crippen LogP contribution in [-0.4, -0.2) is 21.8 Å². The van der Waals surface area contributed by atoms with Gasteiger partial charge in [0, 0.05) is 17.3 Å². The Morgan fingerprint density at radius 1 is 1.08 bits per heavy atom. The number of benzene rings is 1. The van der Waals surface area contributed by atoms with Crippen LogP contribution in [0.1, 0.15) is 33.5 Å². The molecule has 0 atom stereocenters. The number of carbonyl (C=O) groups is 2. The van der Waals surface area contributed by atoms with Gasteiger partial charge in [-0.05, 0) is 38.1 Å². The van der Waals surface area contributed by atoms with E-state index < -0.39 is 0 Å². The molecule has 1 amide bonds. The molecule has 0 saturated heterocycles. The molecule has 3 rings (SSSR count). The summed E-state index contributed by atoms with van der Waals surface area (Å²) in [5, 5.41) is 9.45. The number of hydrogen-bond donors (Lipinski definition) is 2. The quantitative estimate of drug-likeness (QED) is 0.691. The van der Waals surface area contributed by atoms with Crippen molar-refractivity contribution in [3.05, 3.63) is 65.7 Å². The number of anilines is 3. The van der Waals surface area contributed by atoms with E-state index in [1.807, 2.05) is 6.07 Å². The molecular weight excluding hydrogens is 320 g/mol. The van der Waals surface area contributed by atoms with Crippen LogP contribution in [0.15, 0.2) is 53.2 Å². The minimum atomic E-state index is -0.376. The molecule has 2 aromatic heterocycles. The van der Waals surface area contributed by atoms with E-state index in [0.29, 0.717) is 22.8 Å². The van der Waals surface area contributed by atoms with Gasteiger partial charge < -0.3 is 15.2 Å². The number of Topliss-reactive ketones (excluding diaryl/α,β-unsaturated/α-hetero) is 1. The first kappa shape index (κ1) is 16.4. The maximum Gasteiger partial charge on any atom is 0.275 e. The summed E-state index contributed by atoms with van der Waals surface area (Å²) in [5.41, 5.74) is 2.35. The third-order valence-corrected chi connectivity index (χ3v) is 3.42. The van der Waals surface area contributed by atoms with Crippen molar-refractivity contribution in [3.8, 4) is 0 Å². The molecule has 1 aromatic carbocycles. The van der Waals surface area contributed by atoms with E-state index in [2.05, 4.69) is 20.8 Å². The van der Waals surface area contributed by atoms with E-state index >= 15 is 0 Å². The topological polar surface area (TPSA) is 97.1 Å². The smallest absolute Gasteiger partial charge is 0.275 e. The molecule has 25 heavy (non-hydrogen) atoms. The summed E-state index contributed by atoms with van der Waals surface area (Å²) in [6, 6.07) is 12.1. The molecule has 126 valence electrons. The molecule has 0 aliphatic carbocycles. The zero-order chi connectivity index (χ0) is 17.8. The second kappa shape index (κ2) is 6.96. The highest BCUT2D eigenvalue weighted by Gasteiger charge is 2.10. The highest BCUT2D eigenvalue weighted by molar-refractivity contribution is 6.02. The van der Waals surface area contributed by atoms with Crippen molar-refractivity contribution in [3.63, 3.8) is 0 Å². The van der Waals surface area contributed by atoms with Crippen LogP contribution in [0.25, 0.3) is 0 Å². The number of amides is 1. The summed E-state index contributed by atoms with van der Waals surface area (Å²) < 4.78 is 4.89. The fourth-order valence-corrected chi connectivity index (χ4v) is 2.19. The Hall–Kier alpha value is -3.48. The zero-order valence-corrected chi connectivity index (χ0v) is 13.7. The first-order chi connectivity index (χ1) is 12.0. The molecule has 0 saturated carbocycles. The monoisotopic (exact) mass is 336 g/mol. The average molecular weight is 336 g/mol. The largest absolute Gasteiger partial charge is 0.360 e. The molecular formula is C18H16N4O3. The van der Waals surface area contributed by atoms with Gasteiger partial charge >= 0.3 is 0 Å². The average Bonchev–Trinajstić information content (AvgIpc) is 3.00. The molecule has 0 aliphatic rings. The standard InChI is InChI=1S/C18H16N4O3/c1-11-8-17(22-25-11)21-18(24)16-7-6-15(10-19-16)20-14-5-3-4-13(9-14)12(2)23/h3-10,20H,1-2H3,(H,21,22,24). The van der Waals surface area contributed by atoms with Crippen LogP contribution in [0.4, 0.5) is 17.2 Å². The maximum absolute atomic E-state index is 12.1. The fraction of sp³-hybridized carbons (Fsp3) is 0.111. The number of aromatic nitrogens is 2. The molecule has 7 heteroatoms. The summed E-state index contributed by atoms with van der Waals surface area (Å²) in [5.74, 6) is 0.568. The van der Waals surface area contributed by atoms with Gasteiger partial charge in [-0.25, -0.2) is 4.98 Å². The van der Waals surface area contributed by atoms with Gasteiger partial charge in [-0.1, -0.05) is 17.3 Å². The van der Waals surface area contributed by atoms with Crippen molar-refractivity contribution in [1.29, 1.82) is 0 Å². The van der Waals surface area contributed by atoms with Crippen LogP contribution in [0.3, 0.4) is 0 Å². The van der Waals surface area contributed by atoms with E-state index in [1.54, 1.807) is 49.5 Å². The molecule has 0 radical (unpaired) electrons. The normalized spacial score (nSPS) is 10.3. The molecule has 2 heterocycles. The predicted octanol–water partition coefficient (Wildman–Crippen LogP) is 3.58. The van der Waals surface area contributed by atoms with Gasteiger partial charge in [-0.15, -0.1) is 0 Å². The highest BCUT2D eigenvalue weighted by atomic mass is 16.5. The maximum atomic E-state index is 12.1. The Balaban J connectivity index is 1.68.